The Morgan fingerprint density at radius 1 is 1.05 bits per heavy atom. The Balaban J connectivity index is 1.81. The molecule has 7 nitrogen and oxygen atoms in total. The smallest absolute Gasteiger partial charge is 0.391 e. The summed E-state index contributed by atoms with van der Waals surface area (Å²) in [7, 11) is 0. The van der Waals surface area contributed by atoms with Crippen LogP contribution in [0, 0.1) is 5.92 Å². The van der Waals surface area contributed by atoms with Crippen LogP contribution in [-0.2, 0) is 11.3 Å². The highest BCUT2D eigenvalue weighted by Gasteiger charge is 2.41. The van der Waals surface area contributed by atoms with Gasteiger partial charge in [-0.1, -0.05) is 35.8 Å². The number of amides is 3. The van der Waals surface area contributed by atoms with E-state index < -0.39 is 48.9 Å². The summed E-state index contributed by atoms with van der Waals surface area (Å²) in [6, 6.07) is 6.08. The second kappa shape index (κ2) is 14.2. The maximum absolute atomic E-state index is 13.2. The highest BCUT2D eigenvalue weighted by atomic mass is 35.5. The fourth-order valence-corrected chi connectivity index (χ4v) is 4.96. The first-order chi connectivity index (χ1) is 19.7. The number of alkyl halides is 5. The lowest BCUT2D eigenvalue weighted by Crippen LogP contribution is -2.40. The van der Waals surface area contributed by atoms with Crippen LogP contribution in [0.25, 0.3) is 0 Å². The number of ether oxygens (including phenoxy) is 1. The Labute approximate surface area is 248 Å². The molecule has 228 valence electrons. The first-order valence-electron chi connectivity index (χ1n) is 12.8. The molecule has 0 radical (unpaired) electrons. The number of nitrogens with one attached hydrogen (secondary N) is 3. The van der Waals surface area contributed by atoms with Gasteiger partial charge in [-0.2, -0.15) is 13.2 Å². The summed E-state index contributed by atoms with van der Waals surface area (Å²) in [5, 5.41) is 7.74. The third kappa shape index (κ3) is 8.81. The average Bonchev–Trinajstić information content (AvgIpc) is 2.91. The maximum Gasteiger partial charge on any atom is 0.391 e. The third-order valence-electron chi connectivity index (χ3n) is 6.60. The van der Waals surface area contributed by atoms with Gasteiger partial charge in [0.25, 0.3) is 18.2 Å². The summed E-state index contributed by atoms with van der Waals surface area (Å²) in [6.45, 7) is 4.03. The topological polar surface area (TPSA) is 96.5 Å². The number of carbonyl (C=O) groups is 3. The molecule has 3 amide bonds. The van der Waals surface area contributed by atoms with Crippen LogP contribution in [0.4, 0.5) is 27.6 Å². The molecule has 0 aromatic heterocycles. The number of halogens is 7. The minimum atomic E-state index is -4.32. The molecular formula is C28H28Cl2F5N3O4. The van der Waals surface area contributed by atoms with Crippen LogP contribution in [0.5, 0.6) is 5.75 Å². The molecule has 1 aliphatic rings. The van der Waals surface area contributed by atoms with Crippen molar-refractivity contribution < 1.29 is 41.1 Å². The van der Waals surface area contributed by atoms with Gasteiger partial charge in [-0.15, -0.1) is 0 Å². The molecular weight excluding hydrogens is 608 g/mol. The predicted octanol–water partition coefficient (Wildman–Crippen LogP) is 6.93. The molecule has 2 aromatic rings. The lowest BCUT2D eigenvalue weighted by molar-refractivity contribution is -0.182. The van der Waals surface area contributed by atoms with Crippen molar-refractivity contribution in [3.63, 3.8) is 0 Å². The fraction of sp³-hybridized carbons (Fsp3) is 0.393. The van der Waals surface area contributed by atoms with Gasteiger partial charge in [0.15, 0.2) is 0 Å². The minimum absolute atomic E-state index is 0.00297. The standard InChI is InChI=1S/C28H28Cl2F5N3O4/c1-14(2)25(39)36-12-15-3-9-20(29)23(24(15)30)27(41)38-18-8-10-21(42-13-22(31)32)19(11-18)26(40)37-17-6-4-16(5-7-17)28(33,34)35/h3,8-11,16-17,22H,1,4-7,12-13H2,2H3,(H,36,39)(H,37,40)(H,38,41). The Hall–Kier alpha value is -3.38. The zero-order valence-electron chi connectivity index (χ0n) is 22.3. The van der Waals surface area contributed by atoms with Crippen molar-refractivity contribution in [2.24, 2.45) is 5.92 Å². The molecule has 0 heterocycles. The summed E-state index contributed by atoms with van der Waals surface area (Å²) in [5.74, 6) is -3.61. The van der Waals surface area contributed by atoms with Crippen LogP contribution in [0.15, 0.2) is 42.5 Å². The molecule has 0 bridgehead atoms. The quantitative estimate of drug-likeness (QED) is 0.195. The molecule has 3 N–H and O–H groups in total. The Kier molecular flexibility index (Phi) is 11.2. The molecule has 0 spiro atoms. The van der Waals surface area contributed by atoms with Crippen molar-refractivity contribution >= 4 is 46.6 Å². The summed E-state index contributed by atoms with van der Waals surface area (Å²) < 4.78 is 69.7. The molecule has 3 rings (SSSR count). The zero-order valence-corrected chi connectivity index (χ0v) is 23.9. The molecule has 14 heteroatoms. The number of carbonyl (C=O) groups excluding carboxylic acids is 3. The zero-order chi connectivity index (χ0) is 31.2. The minimum Gasteiger partial charge on any atom is -0.487 e. The van der Waals surface area contributed by atoms with Gasteiger partial charge in [-0.05, 0) is 62.4 Å². The number of rotatable bonds is 10. The van der Waals surface area contributed by atoms with E-state index in [2.05, 4.69) is 22.5 Å². The molecule has 0 atom stereocenters. The van der Waals surface area contributed by atoms with E-state index >= 15 is 0 Å². The maximum atomic E-state index is 13.2. The van der Waals surface area contributed by atoms with Gasteiger partial charge in [0, 0.05) is 23.8 Å². The van der Waals surface area contributed by atoms with Gasteiger partial charge >= 0.3 is 6.18 Å². The fourth-order valence-electron chi connectivity index (χ4n) is 4.35. The molecule has 0 aliphatic heterocycles. The predicted molar refractivity (Wildman–Crippen MR) is 148 cm³/mol. The van der Waals surface area contributed by atoms with Crippen LogP contribution < -0.4 is 20.7 Å². The van der Waals surface area contributed by atoms with Gasteiger partial charge < -0.3 is 20.7 Å². The Morgan fingerprint density at radius 3 is 2.31 bits per heavy atom. The summed E-state index contributed by atoms with van der Waals surface area (Å²) >= 11 is 12.6. The van der Waals surface area contributed by atoms with E-state index in [0.29, 0.717) is 5.56 Å². The molecule has 1 aliphatic carbocycles. The second-order valence-electron chi connectivity index (χ2n) is 9.79. The van der Waals surface area contributed by atoms with Crippen LogP contribution in [0.1, 0.15) is 58.9 Å². The van der Waals surface area contributed by atoms with Crippen LogP contribution in [-0.4, -0.2) is 43.0 Å². The second-order valence-corrected chi connectivity index (χ2v) is 10.6. The number of hydrogen-bond acceptors (Lipinski definition) is 4. The highest BCUT2D eigenvalue weighted by molar-refractivity contribution is 6.40. The van der Waals surface area contributed by atoms with Crippen molar-refractivity contribution in [3.8, 4) is 5.75 Å². The van der Waals surface area contributed by atoms with Crippen LogP contribution >= 0.6 is 23.2 Å². The normalized spacial score (nSPS) is 17.0. The van der Waals surface area contributed by atoms with E-state index in [1.54, 1.807) is 0 Å². The van der Waals surface area contributed by atoms with Crippen LogP contribution in [0.3, 0.4) is 0 Å². The molecule has 42 heavy (non-hydrogen) atoms. The van der Waals surface area contributed by atoms with Crippen LogP contribution in [0.2, 0.25) is 10.0 Å². The number of hydrogen-bond donors (Lipinski definition) is 3. The van der Waals surface area contributed by atoms with Gasteiger partial charge in [0.2, 0.25) is 5.91 Å². The van der Waals surface area contributed by atoms with Crippen molar-refractivity contribution in [1.82, 2.24) is 10.6 Å². The summed E-state index contributed by atoms with van der Waals surface area (Å²) in [4.78, 5) is 38.1. The first-order valence-corrected chi connectivity index (χ1v) is 13.6. The molecule has 2 aromatic carbocycles. The average molecular weight is 636 g/mol. The highest BCUT2D eigenvalue weighted by Crippen LogP contribution is 2.38. The van der Waals surface area contributed by atoms with Crippen molar-refractivity contribution in [2.45, 2.75) is 57.8 Å². The lowest BCUT2D eigenvalue weighted by Gasteiger charge is -2.30. The molecule has 0 unspecified atom stereocenters. The van der Waals surface area contributed by atoms with E-state index in [0.717, 1.165) is 0 Å². The number of benzene rings is 2. The van der Waals surface area contributed by atoms with E-state index in [9.17, 15) is 36.3 Å². The van der Waals surface area contributed by atoms with Crippen molar-refractivity contribution in [3.05, 3.63) is 69.2 Å². The van der Waals surface area contributed by atoms with E-state index in [4.69, 9.17) is 27.9 Å². The third-order valence-corrected chi connectivity index (χ3v) is 7.34. The molecule has 1 fully saturated rings. The lowest BCUT2D eigenvalue weighted by atomic mass is 9.85. The first kappa shape index (κ1) is 33.1. The monoisotopic (exact) mass is 635 g/mol. The van der Waals surface area contributed by atoms with E-state index in [1.165, 1.54) is 37.3 Å². The summed E-state index contributed by atoms with van der Waals surface area (Å²) in [6.07, 6.45) is -7.30. The van der Waals surface area contributed by atoms with E-state index in [1.807, 2.05) is 0 Å². The largest absolute Gasteiger partial charge is 0.487 e. The Morgan fingerprint density at radius 2 is 1.71 bits per heavy atom. The van der Waals surface area contributed by atoms with Crippen molar-refractivity contribution in [2.75, 3.05) is 11.9 Å². The van der Waals surface area contributed by atoms with Gasteiger partial charge in [0.1, 0.15) is 12.4 Å². The van der Waals surface area contributed by atoms with Crippen molar-refractivity contribution in [1.29, 1.82) is 0 Å². The molecule has 1 saturated carbocycles. The van der Waals surface area contributed by atoms with Gasteiger partial charge in [0.05, 0.1) is 27.1 Å². The van der Waals surface area contributed by atoms with Gasteiger partial charge in [-0.3, -0.25) is 14.4 Å². The SMILES string of the molecule is C=C(C)C(=O)NCc1ccc(Cl)c(C(=O)Nc2ccc(OCC(F)F)c(C(=O)NC3CCC(C(F)(F)F)CC3)c2)c1Cl. The molecule has 0 saturated heterocycles. The number of anilines is 1. The Bertz CT molecular complexity index is 1350. The summed E-state index contributed by atoms with van der Waals surface area (Å²) in [5.41, 5.74) is 0.388. The van der Waals surface area contributed by atoms with E-state index in [-0.39, 0.29) is 70.4 Å². The van der Waals surface area contributed by atoms with Gasteiger partial charge in [-0.25, -0.2) is 8.78 Å².